The quantitative estimate of drug-likeness (QED) is 0.255. The van der Waals surface area contributed by atoms with E-state index in [9.17, 15) is 0 Å². The zero-order valence-corrected chi connectivity index (χ0v) is 8.28. The van der Waals surface area contributed by atoms with E-state index in [4.69, 9.17) is 45.2 Å². The van der Waals surface area contributed by atoms with Crippen molar-refractivity contribution in [2.24, 2.45) is 0 Å². The molecule has 0 aliphatic rings. The monoisotopic (exact) mass is 241 g/mol. The van der Waals surface area contributed by atoms with E-state index in [0.717, 1.165) is 0 Å². The molecule has 1 radical (unpaired) electrons. The minimum Gasteiger partial charge on any atom is -0.907 e. The zero-order chi connectivity index (χ0) is 10.7. The second-order valence-corrected chi connectivity index (χ2v) is 0.961. The molecule has 0 amide bonds. The summed E-state index contributed by atoms with van der Waals surface area (Å²) in [6.45, 7) is 0. The molecular weight excluding hydrogens is 235 g/mol. The summed E-state index contributed by atoms with van der Waals surface area (Å²) in [5.74, 6) is 0. The van der Waals surface area contributed by atoms with E-state index in [0.29, 0.717) is 0 Å². The summed E-state index contributed by atoms with van der Waals surface area (Å²) in [5.41, 5.74) is 0. The van der Waals surface area contributed by atoms with Crippen LogP contribution in [0, 0.1) is 0 Å². The average molecular weight is 240 g/mol. The summed E-state index contributed by atoms with van der Waals surface area (Å²) in [5, 5.41) is 69.5. The summed E-state index contributed by atoms with van der Waals surface area (Å²) in [6.07, 6.45) is 0. The van der Waals surface area contributed by atoms with Crippen LogP contribution in [0.5, 0.6) is 0 Å². The van der Waals surface area contributed by atoms with Gasteiger partial charge in [-0.1, -0.05) is 0 Å². The van der Waals surface area contributed by atoms with Crippen LogP contribution in [-0.4, -0.2) is 47.1 Å². The molecule has 0 aromatic heterocycles. The second kappa shape index (κ2) is 23.6. The van der Waals surface area contributed by atoms with Crippen LogP contribution in [0.25, 0.3) is 0 Å². The van der Waals surface area contributed by atoms with Crippen molar-refractivity contribution in [3.63, 3.8) is 0 Å². The van der Waals surface area contributed by atoms with Gasteiger partial charge >= 0.3 is 50.9 Å². The fourth-order valence-electron chi connectivity index (χ4n) is 0. The van der Waals surface area contributed by atoms with Crippen LogP contribution >= 0.6 is 0 Å². The first kappa shape index (κ1) is 29.4. The Kier molecular flexibility index (Phi) is 49.6. The predicted molar refractivity (Wildman–Crippen MR) is 28.4 cm³/mol. The topological polar surface area (TPSA) is 193 Å². The molecule has 9 nitrogen and oxygen atoms in total. The summed E-state index contributed by atoms with van der Waals surface area (Å²) < 4.78 is 0. The van der Waals surface area contributed by atoms with E-state index in [1.54, 1.807) is 0 Å². The van der Waals surface area contributed by atoms with Gasteiger partial charge in [-0.25, -0.2) is 0 Å². The second-order valence-electron chi connectivity index (χ2n) is 0.961. The van der Waals surface area contributed by atoms with Crippen molar-refractivity contribution in [1.29, 1.82) is 0 Å². The first-order valence-electron chi connectivity index (χ1n) is 2.23. The van der Waals surface area contributed by atoms with Crippen LogP contribution in [-0.2, 0) is 17.4 Å². The maximum atomic E-state index is 8.64. The number of rotatable bonds is 0. The first-order chi connectivity index (χ1) is 5.20. The van der Waals surface area contributed by atoms with Gasteiger partial charge in [-0.3, -0.25) is 7.32 Å². The molecule has 0 aliphatic heterocycles. The van der Waals surface area contributed by atoms with E-state index in [1.165, 1.54) is 0 Å². The van der Waals surface area contributed by atoms with Crippen LogP contribution < -0.4 is 39.0 Å². The van der Waals surface area contributed by atoms with Crippen molar-refractivity contribution in [3.8, 4) is 0 Å². The average Bonchev–Trinajstić information content (AvgIpc) is 1.54. The molecule has 0 aliphatic carbocycles. The van der Waals surface area contributed by atoms with Gasteiger partial charge in [0, 0.05) is 0 Å². The molecule has 14 heavy (non-hydrogen) atoms. The third-order valence-electron chi connectivity index (χ3n) is 0. The molecule has 0 unspecified atom stereocenters. The summed E-state index contributed by atoms with van der Waals surface area (Å²) in [7, 11) is -7.50. The minimum atomic E-state index is -2.92. The predicted octanol–water partition coefficient (Wildman–Crippen LogP) is -11.7. The summed E-state index contributed by atoms with van der Waals surface area (Å²) in [6, 6.07) is 0. The van der Waals surface area contributed by atoms with Gasteiger partial charge in [0.1, 0.15) is 0 Å². The van der Waals surface area contributed by atoms with Gasteiger partial charge in [0.25, 0.3) is 0 Å². The molecule has 75 valence electrons. The summed E-state index contributed by atoms with van der Waals surface area (Å²) in [4.78, 5) is 0. The van der Waals surface area contributed by atoms with Crippen LogP contribution in [0.2, 0.25) is 0 Å². The van der Waals surface area contributed by atoms with Gasteiger partial charge in [0.15, 0.2) is 0 Å². The molecule has 0 aromatic rings. The van der Waals surface area contributed by atoms with Gasteiger partial charge < -0.3 is 45.2 Å². The molecule has 0 bridgehead atoms. The van der Waals surface area contributed by atoms with Crippen LogP contribution in [0.1, 0.15) is 0 Å². The Balaban J connectivity index is -0.0000000270. The number of hydrogen-bond acceptors (Lipinski definition) is 9. The van der Waals surface area contributed by atoms with Crippen molar-refractivity contribution in [1.82, 2.24) is 0 Å². The fourth-order valence-corrected chi connectivity index (χ4v) is 0. The third-order valence-corrected chi connectivity index (χ3v) is 0. The summed E-state index contributed by atoms with van der Waals surface area (Å²) >= 11 is 0. The molecule has 0 saturated heterocycles. The SMILES string of the molecule is OB(O)O.[Cr+3].[Li+].[O-]B(O)O.[O-]B([O-])[O-]. The molecule has 14 heteroatoms. The standard InChI is InChI=1S/BH3O3.BH2O3.BO3.Cr.Li/c3*2-1(3)4;;/h2-4H;2-3H;;;/q;-1;-3;+3;+1. The van der Waals surface area contributed by atoms with Crippen molar-refractivity contribution in [3.05, 3.63) is 0 Å². The van der Waals surface area contributed by atoms with E-state index in [-0.39, 0.29) is 36.2 Å². The normalized spacial score (nSPS) is 5.79. The van der Waals surface area contributed by atoms with Gasteiger partial charge in [-0.05, 0) is 0 Å². The zero-order valence-electron chi connectivity index (χ0n) is 7.01. The first-order valence-corrected chi connectivity index (χ1v) is 2.23. The molecule has 0 heterocycles. The van der Waals surface area contributed by atoms with Gasteiger partial charge in [0.05, 0.1) is 0 Å². The smallest absolute Gasteiger partial charge is 0.907 e. The van der Waals surface area contributed by atoms with Crippen molar-refractivity contribution < 1.29 is 81.4 Å². The Morgan fingerprint density at radius 3 is 0.714 bits per heavy atom. The molecule has 0 aromatic carbocycles. The Morgan fingerprint density at radius 2 is 0.714 bits per heavy atom. The Bertz CT molecular complexity index is 48.5. The Labute approximate surface area is 103 Å². The molecule has 0 rings (SSSR count). The molecule has 0 spiro atoms. The molecule has 0 fully saturated rings. The maximum Gasteiger partial charge on any atom is 3.00 e. The van der Waals surface area contributed by atoms with E-state index in [1.807, 2.05) is 0 Å². The van der Waals surface area contributed by atoms with Gasteiger partial charge in [-0.15, -0.1) is 0 Å². The van der Waals surface area contributed by atoms with E-state index in [2.05, 4.69) is 0 Å². The Morgan fingerprint density at radius 1 is 0.714 bits per heavy atom. The molecular formula is H5B3CrLiO9. The molecule has 0 saturated carbocycles. The number of hydrogen-bond donors (Lipinski definition) is 5. The van der Waals surface area contributed by atoms with Crippen molar-refractivity contribution in [2.75, 3.05) is 0 Å². The third kappa shape index (κ3) is 1990. The van der Waals surface area contributed by atoms with Crippen molar-refractivity contribution in [2.45, 2.75) is 0 Å². The van der Waals surface area contributed by atoms with Gasteiger partial charge in [0.2, 0.25) is 0 Å². The van der Waals surface area contributed by atoms with Crippen LogP contribution in [0.4, 0.5) is 0 Å². The van der Waals surface area contributed by atoms with Gasteiger partial charge in [-0.2, -0.15) is 0 Å². The fraction of sp³-hybridized carbons (Fsp3) is 0. The molecule has 5 N–H and O–H groups in total. The van der Waals surface area contributed by atoms with Crippen LogP contribution in [0.3, 0.4) is 0 Å². The Hall–Kier alpha value is 0.965. The minimum absolute atomic E-state index is 0. The largest absolute Gasteiger partial charge is 3.00 e. The molecule has 0 atom stereocenters. The van der Waals surface area contributed by atoms with Crippen molar-refractivity contribution >= 4 is 22.0 Å². The van der Waals surface area contributed by atoms with E-state index >= 15 is 0 Å². The maximum absolute atomic E-state index is 8.64. The van der Waals surface area contributed by atoms with Crippen LogP contribution in [0.15, 0.2) is 0 Å². The van der Waals surface area contributed by atoms with E-state index < -0.39 is 22.0 Å².